The summed E-state index contributed by atoms with van der Waals surface area (Å²) in [5, 5.41) is 17.1. The molecule has 2 aromatic heterocycles. The fourth-order valence-corrected chi connectivity index (χ4v) is 6.03. The largest absolute Gasteiger partial charge is 0.494 e. The minimum atomic E-state index is -0.555. The maximum atomic E-state index is 11.2. The summed E-state index contributed by atoms with van der Waals surface area (Å²) < 4.78 is 11.5. The van der Waals surface area contributed by atoms with Crippen molar-refractivity contribution in [2.75, 3.05) is 13.7 Å². The van der Waals surface area contributed by atoms with Crippen molar-refractivity contribution in [3.05, 3.63) is 72.1 Å². The molecule has 176 valence electrons. The van der Waals surface area contributed by atoms with E-state index in [0.717, 1.165) is 58.3 Å². The van der Waals surface area contributed by atoms with Crippen LogP contribution in [0.3, 0.4) is 0 Å². The van der Waals surface area contributed by atoms with Crippen LogP contribution in [0.5, 0.6) is 5.75 Å². The zero-order chi connectivity index (χ0) is 23.1. The molecule has 4 heterocycles. The summed E-state index contributed by atoms with van der Waals surface area (Å²) in [5.74, 6) is 1.73. The lowest BCUT2D eigenvalue weighted by atomic mass is 9.95. The third-order valence-electron chi connectivity index (χ3n) is 7.66. The van der Waals surface area contributed by atoms with Gasteiger partial charge in [0.25, 0.3) is 0 Å². The van der Waals surface area contributed by atoms with Gasteiger partial charge in [0.2, 0.25) is 0 Å². The summed E-state index contributed by atoms with van der Waals surface area (Å²) in [4.78, 5) is 7.03. The lowest BCUT2D eigenvalue weighted by Gasteiger charge is -2.40. The quantitative estimate of drug-likeness (QED) is 0.415. The summed E-state index contributed by atoms with van der Waals surface area (Å²) in [6.45, 7) is 1.41. The van der Waals surface area contributed by atoms with E-state index in [-0.39, 0.29) is 0 Å². The molecule has 2 aliphatic heterocycles. The molecule has 3 unspecified atom stereocenters. The number of aliphatic hydroxyl groups is 1. The Morgan fingerprint density at radius 1 is 1.12 bits per heavy atom. The van der Waals surface area contributed by atoms with Gasteiger partial charge in [0.05, 0.1) is 19.8 Å². The first-order valence-electron chi connectivity index (χ1n) is 12.3. The van der Waals surface area contributed by atoms with Gasteiger partial charge in [-0.05, 0) is 55.5 Å². The summed E-state index contributed by atoms with van der Waals surface area (Å²) in [5.41, 5.74) is 2.68. The third kappa shape index (κ3) is 3.96. The predicted molar refractivity (Wildman–Crippen MR) is 133 cm³/mol. The van der Waals surface area contributed by atoms with Crippen LogP contribution in [-0.2, 0) is 6.54 Å². The molecule has 34 heavy (non-hydrogen) atoms. The van der Waals surface area contributed by atoms with Crippen molar-refractivity contribution in [3.63, 3.8) is 0 Å². The van der Waals surface area contributed by atoms with Crippen LogP contribution in [0, 0.1) is 0 Å². The van der Waals surface area contributed by atoms with Crippen molar-refractivity contribution in [2.45, 2.75) is 56.5 Å². The van der Waals surface area contributed by atoms with Gasteiger partial charge in [-0.2, -0.15) is 0 Å². The molecule has 2 N–H and O–H groups in total. The average molecular weight is 458 g/mol. The normalized spacial score (nSPS) is 23.5. The van der Waals surface area contributed by atoms with Gasteiger partial charge in [-0.15, -0.1) is 0 Å². The highest BCUT2D eigenvalue weighted by molar-refractivity contribution is 5.87. The van der Waals surface area contributed by atoms with Crippen LogP contribution >= 0.6 is 0 Å². The molecule has 2 fully saturated rings. The number of aromatic nitrogens is 1. The van der Waals surface area contributed by atoms with E-state index in [1.165, 1.54) is 12.8 Å². The number of nitrogens with zero attached hydrogens (tertiary/aromatic N) is 2. The zero-order valence-corrected chi connectivity index (χ0v) is 19.5. The minimum absolute atomic E-state index is 0.477. The van der Waals surface area contributed by atoms with Crippen molar-refractivity contribution in [3.8, 4) is 5.75 Å². The number of para-hydroxylation sites is 2. The van der Waals surface area contributed by atoms with Crippen molar-refractivity contribution in [1.29, 1.82) is 0 Å². The number of methoxy groups -OCH3 is 1. The topological polar surface area (TPSA) is 70.8 Å². The van der Waals surface area contributed by atoms with E-state index in [2.05, 4.69) is 27.3 Å². The van der Waals surface area contributed by atoms with Gasteiger partial charge in [-0.1, -0.05) is 30.3 Å². The Morgan fingerprint density at radius 3 is 2.74 bits per heavy atom. The number of piperidine rings is 1. The molecule has 6 rings (SSSR count). The van der Waals surface area contributed by atoms with E-state index < -0.39 is 6.10 Å². The highest BCUT2D eigenvalue weighted by Crippen LogP contribution is 2.38. The van der Waals surface area contributed by atoms with Gasteiger partial charge >= 0.3 is 0 Å². The smallest absolute Gasteiger partial charge is 0.145 e. The van der Waals surface area contributed by atoms with Gasteiger partial charge in [-0.3, -0.25) is 9.88 Å². The molecular weight excluding hydrogens is 426 g/mol. The van der Waals surface area contributed by atoms with E-state index in [9.17, 15) is 5.11 Å². The van der Waals surface area contributed by atoms with Crippen LogP contribution in [0.1, 0.15) is 43.1 Å². The molecule has 0 spiro atoms. The summed E-state index contributed by atoms with van der Waals surface area (Å²) in [7, 11) is 1.66. The number of pyridine rings is 1. The molecule has 2 aliphatic rings. The number of furan rings is 1. The number of hydrogen-bond donors (Lipinski definition) is 2. The van der Waals surface area contributed by atoms with Crippen LogP contribution < -0.4 is 10.1 Å². The van der Waals surface area contributed by atoms with Gasteiger partial charge in [0.15, 0.2) is 0 Å². The molecule has 0 radical (unpaired) electrons. The lowest BCUT2D eigenvalue weighted by molar-refractivity contribution is 0.0520. The van der Waals surface area contributed by atoms with E-state index in [1.807, 2.05) is 42.5 Å². The first-order valence-corrected chi connectivity index (χ1v) is 12.3. The fourth-order valence-electron chi connectivity index (χ4n) is 6.03. The summed E-state index contributed by atoms with van der Waals surface area (Å²) in [6, 6.07) is 19.6. The highest BCUT2D eigenvalue weighted by Gasteiger charge is 2.41. The number of fused-ring (bicyclic) bond motifs is 4. The average Bonchev–Trinajstić information content (AvgIpc) is 3.38. The number of ether oxygens (including phenoxy) is 1. The number of nitrogens with one attached hydrogen (secondary N) is 1. The molecule has 3 atom stereocenters. The van der Waals surface area contributed by atoms with Crippen LogP contribution in [0.25, 0.3) is 21.9 Å². The van der Waals surface area contributed by atoms with Crippen molar-refractivity contribution in [2.24, 2.45) is 0 Å². The van der Waals surface area contributed by atoms with E-state index in [0.29, 0.717) is 24.7 Å². The molecular formula is C28H31N3O3. The van der Waals surface area contributed by atoms with Crippen LogP contribution in [0.15, 0.2) is 65.2 Å². The molecule has 6 heteroatoms. The lowest BCUT2D eigenvalue weighted by Crippen LogP contribution is -2.50. The standard InChI is InChI=1S/C28H31N3O3/c1-33-27-8-4-6-24-23(11-12-29-28(24)27)25(32)17-31-20-9-10-21(31)15-19(14-20)30-16-22-13-18-5-2-3-7-26(18)34-22/h2-8,11-13,19-21,25,30,32H,9-10,14-17H2,1H3. The highest BCUT2D eigenvalue weighted by atomic mass is 16.5. The molecule has 6 nitrogen and oxygen atoms in total. The minimum Gasteiger partial charge on any atom is -0.494 e. The summed E-state index contributed by atoms with van der Waals surface area (Å²) >= 11 is 0. The molecule has 0 aliphatic carbocycles. The first-order chi connectivity index (χ1) is 16.7. The van der Waals surface area contributed by atoms with Gasteiger partial charge in [-0.25, -0.2) is 0 Å². The number of aliphatic hydroxyl groups excluding tert-OH is 1. The zero-order valence-electron chi connectivity index (χ0n) is 19.5. The van der Waals surface area contributed by atoms with Crippen molar-refractivity contribution in [1.82, 2.24) is 15.2 Å². The number of benzene rings is 2. The molecule has 4 aromatic rings. The summed E-state index contributed by atoms with van der Waals surface area (Å²) in [6.07, 6.45) is 5.83. The Kier molecular flexibility index (Phi) is 5.73. The second-order valence-corrected chi connectivity index (χ2v) is 9.65. The van der Waals surface area contributed by atoms with Gasteiger partial charge in [0.1, 0.15) is 22.6 Å². The molecule has 0 saturated carbocycles. The van der Waals surface area contributed by atoms with Gasteiger partial charge in [0, 0.05) is 41.6 Å². The number of hydrogen-bond acceptors (Lipinski definition) is 6. The van der Waals surface area contributed by atoms with Crippen LogP contribution in [0.4, 0.5) is 0 Å². The van der Waals surface area contributed by atoms with Crippen LogP contribution in [-0.4, -0.2) is 46.8 Å². The van der Waals surface area contributed by atoms with Crippen molar-refractivity contribution < 1.29 is 14.3 Å². The van der Waals surface area contributed by atoms with Crippen molar-refractivity contribution >= 4 is 21.9 Å². The Balaban J connectivity index is 1.12. The Labute approximate surface area is 199 Å². The molecule has 0 amide bonds. The predicted octanol–water partition coefficient (Wildman–Crippen LogP) is 4.81. The van der Waals surface area contributed by atoms with E-state index in [1.54, 1.807) is 13.3 Å². The SMILES string of the molecule is COc1cccc2c(C(O)CN3C4CCC3CC(NCc3cc5ccccc5o3)C4)ccnc12. The Bertz CT molecular complexity index is 1260. The third-order valence-corrected chi connectivity index (χ3v) is 7.66. The molecule has 2 bridgehead atoms. The van der Waals surface area contributed by atoms with E-state index >= 15 is 0 Å². The van der Waals surface area contributed by atoms with E-state index in [4.69, 9.17) is 9.15 Å². The Hall–Kier alpha value is -2.93. The Morgan fingerprint density at radius 2 is 1.94 bits per heavy atom. The second-order valence-electron chi connectivity index (χ2n) is 9.65. The number of rotatable bonds is 7. The maximum absolute atomic E-state index is 11.2. The maximum Gasteiger partial charge on any atom is 0.145 e. The monoisotopic (exact) mass is 457 g/mol. The second kappa shape index (κ2) is 9.02. The van der Waals surface area contributed by atoms with Gasteiger partial charge < -0.3 is 19.6 Å². The molecule has 2 aromatic carbocycles. The first kappa shape index (κ1) is 21.6. The molecule has 2 saturated heterocycles. The van der Waals surface area contributed by atoms with Crippen LogP contribution in [0.2, 0.25) is 0 Å². The fraction of sp³-hybridized carbons (Fsp3) is 0.393.